The molecule has 0 radical (unpaired) electrons. The van der Waals surface area contributed by atoms with Gasteiger partial charge in [-0.15, -0.1) is 0 Å². The minimum Gasteiger partial charge on any atom is -0.326 e. The first kappa shape index (κ1) is 32.0. The SMILES string of the molecule is C=C/C=C\C=C(/C)CONC(=O)[C@@H]1c2ccccc2C(=O)N([C@H]2CCCC[C@@H]2NS(C)(=O)=O)[C@H]1c1ccc(Cl)cc1Cl. The van der Waals surface area contributed by atoms with E-state index in [1.165, 1.54) is 0 Å². The van der Waals surface area contributed by atoms with Crippen molar-refractivity contribution in [1.29, 1.82) is 0 Å². The summed E-state index contributed by atoms with van der Waals surface area (Å²) in [6, 6.07) is 9.99. The number of nitrogens with zero attached hydrogens (tertiary/aromatic N) is 1. The summed E-state index contributed by atoms with van der Waals surface area (Å²) in [7, 11) is -3.57. The predicted molar refractivity (Wildman–Crippen MR) is 166 cm³/mol. The van der Waals surface area contributed by atoms with Crippen molar-refractivity contribution in [2.75, 3.05) is 12.9 Å². The fourth-order valence-electron chi connectivity index (χ4n) is 5.76. The van der Waals surface area contributed by atoms with Crippen molar-refractivity contribution in [3.63, 3.8) is 0 Å². The maximum atomic E-state index is 14.3. The molecule has 4 atom stereocenters. The monoisotopic (exact) mass is 631 g/mol. The topological polar surface area (TPSA) is 105 Å². The highest BCUT2D eigenvalue weighted by atomic mass is 35.5. The number of carbonyl (C=O) groups is 2. The molecule has 2 aliphatic rings. The zero-order valence-electron chi connectivity index (χ0n) is 23.6. The van der Waals surface area contributed by atoms with Crippen molar-refractivity contribution in [3.05, 3.63) is 106 Å². The van der Waals surface area contributed by atoms with E-state index in [9.17, 15) is 18.0 Å². The van der Waals surface area contributed by atoms with Crippen molar-refractivity contribution >= 4 is 45.0 Å². The van der Waals surface area contributed by atoms with E-state index in [2.05, 4.69) is 16.8 Å². The zero-order chi connectivity index (χ0) is 30.4. The van der Waals surface area contributed by atoms with Gasteiger partial charge in [0.15, 0.2) is 0 Å². The maximum Gasteiger partial charge on any atom is 0.255 e. The lowest BCUT2D eigenvalue weighted by Crippen LogP contribution is -2.59. The number of fused-ring (bicyclic) bond motifs is 1. The Hall–Kier alpha value is -2.95. The highest BCUT2D eigenvalue weighted by molar-refractivity contribution is 7.88. The number of nitrogens with one attached hydrogen (secondary N) is 2. The van der Waals surface area contributed by atoms with Crippen LogP contribution in [0.1, 0.15) is 66.1 Å². The first-order valence-corrected chi connectivity index (χ1v) is 16.4. The third-order valence-electron chi connectivity index (χ3n) is 7.49. The predicted octanol–water partition coefficient (Wildman–Crippen LogP) is 5.87. The average Bonchev–Trinajstić information content (AvgIpc) is 2.93. The molecule has 1 aliphatic carbocycles. The molecule has 0 unspecified atom stereocenters. The van der Waals surface area contributed by atoms with E-state index < -0.39 is 40.0 Å². The third kappa shape index (κ3) is 7.51. The molecule has 2 amide bonds. The number of hydrogen-bond donors (Lipinski definition) is 2. The Morgan fingerprint density at radius 2 is 1.86 bits per heavy atom. The largest absolute Gasteiger partial charge is 0.326 e. The highest BCUT2D eigenvalue weighted by Gasteiger charge is 2.49. The second kappa shape index (κ2) is 14.0. The molecule has 11 heteroatoms. The van der Waals surface area contributed by atoms with Crippen LogP contribution in [0.4, 0.5) is 0 Å². The number of hydroxylamine groups is 1. The molecule has 1 saturated carbocycles. The Bertz CT molecular complexity index is 1510. The van der Waals surface area contributed by atoms with Gasteiger partial charge in [0.05, 0.1) is 24.8 Å². The average molecular weight is 633 g/mol. The van der Waals surface area contributed by atoms with E-state index in [1.54, 1.807) is 59.5 Å². The molecule has 42 heavy (non-hydrogen) atoms. The summed E-state index contributed by atoms with van der Waals surface area (Å²) in [5.41, 5.74) is 4.88. The van der Waals surface area contributed by atoms with E-state index >= 15 is 0 Å². The lowest BCUT2D eigenvalue weighted by atomic mass is 9.76. The number of halogens is 2. The van der Waals surface area contributed by atoms with Crippen LogP contribution < -0.4 is 10.2 Å². The van der Waals surface area contributed by atoms with Crippen molar-refractivity contribution in [2.24, 2.45) is 0 Å². The lowest BCUT2D eigenvalue weighted by Gasteiger charge is -2.49. The number of hydrogen-bond acceptors (Lipinski definition) is 5. The Morgan fingerprint density at radius 1 is 1.12 bits per heavy atom. The summed E-state index contributed by atoms with van der Waals surface area (Å²) in [4.78, 5) is 35.5. The van der Waals surface area contributed by atoms with Crippen LogP contribution in [0.2, 0.25) is 10.0 Å². The summed E-state index contributed by atoms with van der Waals surface area (Å²) < 4.78 is 27.4. The first-order valence-electron chi connectivity index (χ1n) is 13.7. The summed E-state index contributed by atoms with van der Waals surface area (Å²) in [5, 5.41) is 0.698. The summed E-state index contributed by atoms with van der Waals surface area (Å²) in [6.45, 7) is 5.64. The van der Waals surface area contributed by atoms with E-state index in [4.69, 9.17) is 28.0 Å². The van der Waals surface area contributed by atoms with Gasteiger partial charge in [0.1, 0.15) is 0 Å². The summed E-state index contributed by atoms with van der Waals surface area (Å²) in [5.74, 6) is -1.68. The Balaban J connectivity index is 1.80. The Kier molecular flexibility index (Phi) is 10.7. The molecular formula is C31H35Cl2N3O5S. The van der Waals surface area contributed by atoms with Crippen LogP contribution in [0.3, 0.4) is 0 Å². The number of allylic oxidation sites excluding steroid dienone is 4. The van der Waals surface area contributed by atoms with Crippen molar-refractivity contribution in [2.45, 2.75) is 56.7 Å². The van der Waals surface area contributed by atoms with Crippen LogP contribution in [0.25, 0.3) is 0 Å². The smallest absolute Gasteiger partial charge is 0.255 e. The fraction of sp³-hybridized carbons (Fsp3) is 0.355. The van der Waals surface area contributed by atoms with E-state index in [1.807, 2.05) is 19.1 Å². The van der Waals surface area contributed by atoms with Crippen LogP contribution in [-0.4, -0.2) is 50.1 Å². The number of amides is 2. The molecule has 0 aromatic heterocycles. The van der Waals surface area contributed by atoms with Crippen molar-refractivity contribution in [1.82, 2.24) is 15.1 Å². The van der Waals surface area contributed by atoms with Crippen LogP contribution in [0, 0.1) is 0 Å². The second-order valence-corrected chi connectivity index (χ2v) is 13.2. The van der Waals surface area contributed by atoms with E-state index in [0.717, 1.165) is 24.7 Å². The van der Waals surface area contributed by atoms with Gasteiger partial charge < -0.3 is 4.90 Å². The van der Waals surface area contributed by atoms with Crippen molar-refractivity contribution in [3.8, 4) is 0 Å². The van der Waals surface area contributed by atoms with Crippen LogP contribution in [0.5, 0.6) is 0 Å². The van der Waals surface area contributed by atoms with Gasteiger partial charge in [-0.1, -0.05) is 91.2 Å². The number of benzene rings is 2. The van der Waals surface area contributed by atoms with Crippen LogP contribution in [0.15, 0.2) is 78.9 Å². The minimum absolute atomic E-state index is 0.138. The van der Waals surface area contributed by atoms with Gasteiger partial charge in [0, 0.05) is 27.7 Å². The van der Waals surface area contributed by atoms with E-state index in [0.29, 0.717) is 39.6 Å². The molecule has 1 aliphatic heterocycles. The molecule has 1 fully saturated rings. The minimum atomic E-state index is -3.57. The first-order chi connectivity index (χ1) is 20.0. The number of rotatable bonds is 10. The van der Waals surface area contributed by atoms with Gasteiger partial charge in [-0.05, 0) is 54.7 Å². The molecule has 1 heterocycles. The molecule has 2 aromatic carbocycles. The summed E-state index contributed by atoms with van der Waals surface area (Å²) in [6.07, 6.45) is 10.9. The third-order valence-corrected chi connectivity index (χ3v) is 8.79. The van der Waals surface area contributed by atoms with Gasteiger partial charge in [-0.2, -0.15) is 0 Å². The molecule has 2 N–H and O–H groups in total. The summed E-state index contributed by atoms with van der Waals surface area (Å²) >= 11 is 13.0. The quantitative estimate of drug-likeness (QED) is 0.252. The standard InChI is InChI=1S/C31H35Cl2N3O5S/c1-4-5-6-11-20(2)19-41-34-30(37)28-22-12-7-8-13-23(22)31(38)36(29(28)24-17-16-21(32)18-25(24)33)27-15-10-9-14-26(27)35-42(3,39)40/h4-8,11-13,16-18,26-29,35H,1,9-10,14-15,19H2,2-3H3,(H,34,37)/b6-5-,20-11+/t26-,27-,28+,29-/m0/s1. The van der Waals surface area contributed by atoms with Crippen molar-refractivity contribution < 1.29 is 22.8 Å². The molecule has 0 spiro atoms. The zero-order valence-corrected chi connectivity index (χ0v) is 25.9. The normalized spacial score (nSPS) is 23.1. The Labute approximate surface area is 257 Å². The van der Waals surface area contributed by atoms with Gasteiger partial charge in [0.2, 0.25) is 10.0 Å². The molecule has 2 aromatic rings. The van der Waals surface area contributed by atoms with Gasteiger partial charge in [0.25, 0.3) is 11.8 Å². The van der Waals surface area contributed by atoms with Crippen LogP contribution in [-0.2, 0) is 19.7 Å². The number of sulfonamides is 1. The molecular weight excluding hydrogens is 597 g/mol. The van der Waals surface area contributed by atoms with Gasteiger partial charge >= 0.3 is 0 Å². The van der Waals surface area contributed by atoms with Gasteiger partial charge in [-0.3, -0.25) is 14.4 Å². The lowest BCUT2D eigenvalue weighted by molar-refractivity contribution is -0.136. The highest BCUT2D eigenvalue weighted by Crippen LogP contribution is 2.47. The molecule has 224 valence electrons. The van der Waals surface area contributed by atoms with Crippen LogP contribution >= 0.6 is 23.2 Å². The fourth-order valence-corrected chi connectivity index (χ4v) is 7.10. The second-order valence-electron chi connectivity index (χ2n) is 10.6. The number of carbonyl (C=O) groups excluding carboxylic acids is 2. The molecule has 4 rings (SSSR count). The molecule has 0 bridgehead atoms. The molecule has 0 saturated heterocycles. The van der Waals surface area contributed by atoms with E-state index in [-0.39, 0.29) is 12.5 Å². The Morgan fingerprint density at radius 3 is 2.57 bits per heavy atom. The van der Waals surface area contributed by atoms with Gasteiger partial charge in [-0.25, -0.2) is 18.6 Å². The molecule has 8 nitrogen and oxygen atoms in total. The maximum absolute atomic E-state index is 14.3.